The van der Waals surface area contributed by atoms with Gasteiger partial charge in [-0.3, -0.25) is 0 Å². The van der Waals surface area contributed by atoms with E-state index in [9.17, 15) is 0 Å². The molecule has 2 heterocycles. The highest BCUT2D eigenvalue weighted by Gasteiger charge is 2.13. The molecule has 1 aliphatic rings. The second-order valence-corrected chi connectivity index (χ2v) is 5.08. The average Bonchev–Trinajstić information content (AvgIpc) is 2.92. The van der Waals surface area contributed by atoms with E-state index in [1.54, 1.807) is 11.3 Å². The van der Waals surface area contributed by atoms with Crippen LogP contribution in [-0.4, -0.2) is 18.1 Å². The number of thiazole rings is 1. The van der Waals surface area contributed by atoms with Crippen LogP contribution in [0.1, 0.15) is 10.6 Å². The second kappa shape index (κ2) is 5.37. The van der Waals surface area contributed by atoms with Gasteiger partial charge in [0.15, 0.2) is 0 Å². The number of hydrogen-bond acceptors (Lipinski definition) is 5. The number of nitrogens with zero attached hydrogens (tertiary/aromatic N) is 1. The fourth-order valence-corrected chi connectivity index (χ4v) is 2.60. The summed E-state index contributed by atoms with van der Waals surface area (Å²) in [5.41, 5.74) is 2.28. The van der Waals surface area contributed by atoms with Crippen LogP contribution < -0.4 is 15.4 Å². The van der Waals surface area contributed by atoms with Crippen molar-refractivity contribution in [2.45, 2.75) is 13.1 Å². The predicted octanol–water partition coefficient (Wildman–Crippen LogP) is 2.24. The lowest BCUT2D eigenvalue weighted by Gasteiger charge is -2.21. The van der Waals surface area contributed by atoms with Crippen LogP contribution >= 0.6 is 11.3 Å². The Hall–Kier alpha value is -1.59. The summed E-state index contributed by atoms with van der Waals surface area (Å²) in [6.45, 7) is 3.21. The molecule has 2 aromatic rings. The first-order valence-corrected chi connectivity index (χ1v) is 6.89. The maximum Gasteiger partial charge on any atom is 0.146 e. The Morgan fingerprint density at radius 1 is 1.39 bits per heavy atom. The van der Waals surface area contributed by atoms with Gasteiger partial charge in [0.1, 0.15) is 17.4 Å². The molecule has 0 amide bonds. The highest BCUT2D eigenvalue weighted by atomic mass is 32.1. The van der Waals surface area contributed by atoms with Crippen molar-refractivity contribution in [3.63, 3.8) is 0 Å². The highest BCUT2D eigenvalue weighted by molar-refractivity contribution is 7.09. The summed E-state index contributed by atoms with van der Waals surface area (Å²) >= 11 is 1.67. The molecular formula is C13H15N3OS. The molecule has 4 nitrogen and oxygen atoms in total. The summed E-state index contributed by atoms with van der Waals surface area (Å²) in [4.78, 5) is 4.25. The molecule has 2 N–H and O–H groups in total. The van der Waals surface area contributed by atoms with Gasteiger partial charge in [-0.1, -0.05) is 12.1 Å². The number of nitrogens with one attached hydrogen (secondary N) is 2. The van der Waals surface area contributed by atoms with E-state index in [-0.39, 0.29) is 0 Å². The maximum absolute atomic E-state index is 5.73. The standard InChI is InChI=1S/C13H15N3OS/c1-2-10(8-14-9-12-16-5-7-18-12)13-11(3-1)15-4-6-17-13/h1-3,5,7,14-15H,4,6,8-9H2. The normalized spacial score (nSPS) is 13.6. The fraction of sp³-hybridized carbons (Fsp3) is 0.308. The SMILES string of the molecule is c1cc(CNCc2nccs2)c2c(c1)NCCO2. The summed E-state index contributed by atoms with van der Waals surface area (Å²) < 4.78 is 5.73. The van der Waals surface area contributed by atoms with Gasteiger partial charge < -0.3 is 15.4 Å². The molecule has 18 heavy (non-hydrogen) atoms. The van der Waals surface area contributed by atoms with Crippen molar-refractivity contribution in [3.05, 3.63) is 40.3 Å². The third-order valence-corrected chi connectivity index (χ3v) is 3.62. The number of para-hydroxylation sites is 1. The third-order valence-electron chi connectivity index (χ3n) is 2.84. The molecule has 0 atom stereocenters. The van der Waals surface area contributed by atoms with E-state index in [4.69, 9.17) is 4.74 Å². The Morgan fingerprint density at radius 2 is 2.39 bits per heavy atom. The lowest BCUT2D eigenvalue weighted by Crippen LogP contribution is -2.20. The zero-order valence-corrected chi connectivity index (χ0v) is 10.8. The summed E-state index contributed by atoms with van der Waals surface area (Å²) in [5.74, 6) is 0.982. The first-order valence-electron chi connectivity index (χ1n) is 6.01. The molecule has 1 aromatic heterocycles. The lowest BCUT2D eigenvalue weighted by molar-refractivity contribution is 0.319. The van der Waals surface area contributed by atoms with Gasteiger partial charge in [-0.25, -0.2) is 4.98 Å². The Balaban J connectivity index is 1.65. The van der Waals surface area contributed by atoms with Gasteiger partial charge in [-0.15, -0.1) is 11.3 Å². The number of anilines is 1. The van der Waals surface area contributed by atoms with Crippen LogP contribution in [0.3, 0.4) is 0 Å². The molecule has 0 saturated carbocycles. The minimum atomic E-state index is 0.733. The van der Waals surface area contributed by atoms with Gasteiger partial charge in [-0.2, -0.15) is 0 Å². The molecule has 0 fully saturated rings. The zero-order chi connectivity index (χ0) is 12.2. The van der Waals surface area contributed by atoms with Crippen LogP contribution in [0.2, 0.25) is 0 Å². The lowest BCUT2D eigenvalue weighted by atomic mass is 10.1. The van der Waals surface area contributed by atoms with Gasteiger partial charge in [0, 0.05) is 36.8 Å². The Kier molecular flexibility index (Phi) is 3.43. The number of benzene rings is 1. The number of ether oxygens (including phenoxy) is 1. The third kappa shape index (κ3) is 2.47. The summed E-state index contributed by atoms with van der Waals surface area (Å²) in [7, 11) is 0. The van der Waals surface area contributed by atoms with E-state index in [0.717, 1.165) is 42.7 Å². The van der Waals surface area contributed by atoms with E-state index < -0.39 is 0 Å². The predicted molar refractivity (Wildman–Crippen MR) is 73.1 cm³/mol. The molecule has 0 unspecified atom stereocenters. The largest absolute Gasteiger partial charge is 0.489 e. The van der Waals surface area contributed by atoms with E-state index in [0.29, 0.717) is 0 Å². The number of rotatable bonds is 4. The molecule has 0 saturated heterocycles. The molecule has 0 radical (unpaired) electrons. The molecule has 0 bridgehead atoms. The van der Waals surface area contributed by atoms with Crippen molar-refractivity contribution < 1.29 is 4.74 Å². The minimum absolute atomic E-state index is 0.733. The van der Waals surface area contributed by atoms with Gasteiger partial charge in [0.05, 0.1) is 5.69 Å². The smallest absolute Gasteiger partial charge is 0.146 e. The molecule has 0 spiro atoms. The monoisotopic (exact) mass is 261 g/mol. The molecular weight excluding hydrogens is 246 g/mol. The number of hydrogen-bond donors (Lipinski definition) is 2. The van der Waals surface area contributed by atoms with Crippen LogP contribution in [0.25, 0.3) is 0 Å². The van der Waals surface area contributed by atoms with Crippen molar-refractivity contribution >= 4 is 17.0 Å². The molecule has 5 heteroatoms. The van der Waals surface area contributed by atoms with Gasteiger partial charge in [-0.05, 0) is 6.07 Å². The van der Waals surface area contributed by atoms with E-state index in [1.165, 1.54) is 5.56 Å². The molecule has 94 valence electrons. The van der Waals surface area contributed by atoms with Crippen LogP contribution in [0, 0.1) is 0 Å². The summed E-state index contributed by atoms with van der Waals surface area (Å²) in [6.07, 6.45) is 1.83. The molecule has 3 rings (SSSR count). The van der Waals surface area contributed by atoms with E-state index in [2.05, 4.69) is 33.8 Å². The van der Waals surface area contributed by atoms with Gasteiger partial charge >= 0.3 is 0 Å². The summed E-state index contributed by atoms with van der Waals surface area (Å²) in [5, 5.41) is 9.84. The number of fused-ring (bicyclic) bond motifs is 1. The van der Waals surface area contributed by atoms with Crippen LogP contribution in [0.15, 0.2) is 29.8 Å². The quantitative estimate of drug-likeness (QED) is 0.886. The molecule has 1 aromatic carbocycles. The maximum atomic E-state index is 5.73. The Morgan fingerprint density at radius 3 is 3.28 bits per heavy atom. The van der Waals surface area contributed by atoms with Crippen molar-refractivity contribution in [1.29, 1.82) is 0 Å². The molecule has 0 aliphatic carbocycles. The second-order valence-electron chi connectivity index (χ2n) is 4.10. The van der Waals surface area contributed by atoms with Gasteiger partial charge in [0.2, 0.25) is 0 Å². The highest BCUT2D eigenvalue weighted by Crippen LogP contribution is 2.31. The average molecular weight is 261 g/mol. The number of aromatic nitrogens is 1. The first kappa shape index (κ1) is 11.5. The fourth-order valence-electron chi connectivity index (χ4n) is 2.02. The van der Waals surface area contributed by atoms with Crippen molar-refractivity contribution in [1.82, 2.24) is 10.3 Å². The molecule has 1 aliphatic heterocycles. The Labute approximate surface area is 110 Å². The van der Waals surface area contributed by atoms with Gasteiger partial charge in [0.25, 0.3) is 0 Å². The van der Waals surface area contributed by atoms with Crippen molar-refractivity contribution in [2.75, 3.05) is 18.5 Å². The Bertz CT molecular complexity index is 513. The zero-order valence-electron chi connectivity index (χ0n) is 9.98. The first-order chi connectivity index (χ1) is 8.93. The summed E-state index contributed by atoms with van der Waals surface area (Å²) in [6, 6.07) is 6.21. The van der Waals surface area contributed by atoms with Crippen molar-refractivity contribution in [2.24, 2.45) is 0 Å². The van der Waals surface area contributed by atoms with E-state index in [1.807, 2.05) is 11.6 Å². The van der Waals surface area contributed by atoms with Crippen LogP contribution in [-0.2, 0) is 13.1 Å². The van der Waals surface area contributed by atoms with E-state index >= 15 is 0 Å². The van der Waals surface area contributed by atoms with Crippen molar-refractivity contribution in [3.8, 4) is 5.75 Å². The van der Waals surface area contributed by atoms with Crippen LogP contribution in [0.5, 0.6) is 5.75 Å². The topological polar surface area (TPSA) is 46.2 Å². The van der Waals surface area contributed by atoms with Crippen LogP contribution in [0.4, 0.5) is 5.69 Å². The minimum Gasteiger partial charge on any atom is -0.489 e.